The Balaban J connectivity index is 1.73. The standard InChI is InChI=1S/C21H25N3O4S/c1-13-14(2)29-21-19(13)20(22-18(23-21)11-24-6-8-27-9-7-24)28-16-5-4-15(12-25)10-17(16)26-3/h4-5,10,25H,6-9,11-12H2,1-3H3. The fourth-order valence-corrected chi connectivity index (χ4v) is 4.40. The molecule has 0 atom stereocenters. The number of aliphatic hydroxyl groups excluding tert-OH is 1. The summed E-state index contributed by atoms with van der Waals surface area (Å²) in [4.78, 5) is 14.0. The Morgan fingerprint density at radius 3 is 2.69 bits per heavy atom. The molecule has 0 unspecified atom stereocenters. The highest BCUT2D eigenvalue weighted by molar-refractivity contribution is 7.18. The number of benzene rings is 1. The Labute approximate surface area is 173 Å². The van der Waals surface area contributed by atoms with Crippen molar-refractivity contribution >= 4 is 21.6 Å². The third kappa shape index (κ3) is 4.20. The number of aromatic nitrogens is 2. The largest absolute Gasteiger partial charge is 0.493 e. The highest BCUT2D eigenvalue weighted by atomic mass is 32.1. The van der Waals surface area contributed by atoms with Gasteiger partial charge in [0, 0.05) is 18.0 Å². The number of rotatable bonds is 6. The lowest BCUT2D eigenvalue weighted by Crippen LogP contribution is -2.36. The number of hydrogen-bond donors (Lipinski definition) is 1. The minimum absolute atomic E-state index is 0.0546. The van der Waals surface area contributed by atoms with Gasteiger partial charge < -0.3 is 19.3 Å². The van der Waals surface area contributed by atoms with Gasteiger partial charge in [0.25, 0.3) is 0 Å². The number of thiophene rings is 1. The number of nitrogens with zero attached hydrogens (tertiary/aromatic N) is 3. The van der Waals surface area contributed by atoms with Gasteiger partial charge in [0.2, 0.25) is 5.88 Å². The van der Waals surface area contributed by atoms with Crippen LogP contribution >= 0.6 is 11.3 Å². The summed E-state index contributed by atoms with van der Waals surface area (Å²) < 4.78 is 17.1. The topological polar surface area (TPSA) is 76.9 Å². The van der Waals surface area contributed by atoms with Gasteiger partial charge in [0.05, 0.1) is 38.9 Å². The lowest BCUT2D eigenvalue weighted by molar-refractivity contribution is 0.0330. The Kier molecular flexibility index (Phi) is 5.96. The first-order valence-corrected chi connectivity index (χ1v) is 10.4. The Morgan fingerprint density at radius 2 is 1.97 bits per heavy atom. The van der Waals surface area contributed by atoms with E-state index in [1.165, 1.54) is 4.88 Å². The number of aryl methyl sites for hydroxylation is 2. The molecule has 1 aliphatic rings. The molecule has 8 heteroatoms. The average molecular weight is 416 g/mol. The van der Waals surface area contributed by atoms with Crippen molar-refractivity contribution in [1.29, 1.82) is 0 Å². The number of methoxy groups -OCH3 is 1. The van der Waals surface area contributed by atoms with Crippen LogP contribution in [-0.2, 0) is 17.9 Å². The number of morpholine rings is 1. The number of ether oxygens (including phenoxy) is 3. The van der Waals surface area contributed by atoms with Crippen molar-refractivity contribution in [2.45, 2.75) is 27.0 Å². The van der Waals surface area contributed by atoms with E-state index >= 15 is 0 Å². The molecule has 1 N–H and O–H groups in total. The van der Waals surface area contributed by atoms with Crippen LogP contribution in [0.4, 0.5) is 0 Å². The molecule has 0 amide bonds. The quantitative estimate of drug-likeness (QED) is 0.661. The monoisotopic (exact) mass is 415 g/mol. The lowest BCUT2D eigenvalue weighted by atomic mass is 10.2. The number of aliphatic hydroxyl groups is 1. The average Bonchev–Trinajstić information content (AvgIpc) is 3.02. The molecule has 1 aromatic carbocycles. The first kappa shape index (κ1) is 20.0. The summed E-state index contributed by atoms with van der Waals surface area (Å²) in [6, 6.07) is 5.39. The second-order valence-electron chi connectivity index (χ2n) is 7.04. The van der Waals surface area contributed by atoms with Crippen molar-refractivity contribution in [3.63, 3.8) is 0 Å². The first-order chi connectivity index (χ1) is 14.1. The van der Waals surface area contributed by atoms with Gasteiger partial charge >= 0.3 is 0 Å². The fourth-order valence-electron chi connectivity index (χ4n) is 3.36. The summed E-state index contributed by atoms with van der Waals surface area (Å²) in [5.74, 6) is 2.39. The molecule has 0 bridgehead atoms. The summed E-state index contributed by atoms with van der Waals surface area (Å²) in [6.45, 7) is 7.97. The zero-order valence-corrected chi connectivity index (χ0v) is 17.7. The Hall–Kier alpha value is -2.26. The van der Waals surface area contributed by atoms with E-state index in [9.17, 15) is 5.11 Å². The number of fused-ring (bicyclic) bond motifs is 1. The maximum atomic E-state index is 9.38. The molecule has 0 aliphatic carbocycles. The molecule has 29 heavy (non-hydrogen) atoms. The van der Waals surface area contributed by atoms with E-state index in [4.69, 9.17) is 24.2 Å². The molecule has 1 aliphatic heterocycles. The zero-order chi connectivity index (χ0) is 20.4. The molecule has 3 aromatic rings. The molecule has 0 radical (unpaired) electrons. The van der Waals surface area contributed by atoms with Gasteiger partial charge in [-0.3, -0.25) is 4.90 Å². The van der Waals surface area contributed by atoms with Crippen molar-refractivity contribution in [2.75, 3.05) is 33.4 Å². The SMILES string of the molecule is COc1cc(CO)ccc1Oc1nc(CN2CCOCC2)nc2sc(C)c(C)c12. The van der Waals surface area contributed by atoms with Crippen molar-refractivity contribution < 1.29 is 19.3 Å². The van der Waals surface area contributed by atoms with E-state index in [0.717, 1.165) is 53.5 Å². The van der Waals surface area contributed by atoms with Crippen molar-refractivity contribution in [3.8, 4) is 17.4 Å². The maximum absolute atomic E-state index is 9.38. The summed E-state index contributed by atoms with van der Waals surface area (Å²) in [6.07, 6.45) is 0. The highest BCUT2D eigenvalue weighted by Gasteiger charge is 2.20. The summed E-state index contributed by atoms with van der Waals surface area (Å²) >= 11 is 1.66. The highest BCUT2D eigenvalue weighted by Crippen LogP contribution is 2.39. The third-order valence-corrected chi connectivity index (χ3v) is 6.23. The molecule has 4 rings (SSSR count). The van der Waals surface area contributed by atoms with Gasteiger partial charge in [-0.1, -0.05) is 6.07 Å². The predicted molar refractivity (Wildman–Crippen MR) is 112 cm³/mol. The van der Waals surface area contributed by atoms with Crippen molar-refractivity contribution in [1.82, 2.24) is 14.9 Å². The van der Waals surface area contributed by atoms with Gasteiger partial charge in [-0.05, 0) is 37.1 Å². The van der Waals surface area contributed by atoms with Gasteiger partial charge in [0.15, 0.2) is 11.5 Å². The third-order valence-electron chi connectivity index (χ3n) is 5.13. The molecular formula is C21H25N3O4S. The molecule has 0 saturated carbocycles. The summed E-state index contributed by atoms with van der Waals surface area (Å²) in [5, 5.41) is 10.3. The van der Waals surface area contributed by atoms with Gasteiger partial charge in [-0.25, -0.2) is 4.98 Å². The van der Waals surface area contributed by atoms with Crippen molar-refractivity contribution in [3.05, 3.63) is 40.0 Å². The smallest absolute Gasteiger partial charge is 0.231 e. The summed E-state index contributed by atoms with van der Waals surface area (Å²) in [5.41, 5.74) is 1.89. The van der Waals surface area contributed by atoms with Gasteiger partial charge in [0.1, 0.15) is 10.7 Å². The molecule has 2 aromatic heterocycles. The molecule has 1 fully saturated rings. The van der Waals surface area contributed by atoms with Crippen LogP contribution in [0, 0.1) is 13.8 Å². The van der Waals surface area contributed by atoms with Gasteiger partial charge in [-0.15, -0.1) is 11.3 Å². The minimum atomic E-state index is -0.0546. The minimum Gasteiger partial charge on any atom is -0.493 e. The van der Waals surface area contributed by atoms with Crippen LogP contribution < -0.4 is 9.47 Å². The molecule has 154 valence electrons. The fraction of sp³-hybridized carbons (Fsp3) is 0.429. The molecule has 3 heterocycles. The maximum Gasteiger partial charge on any atom is 0.231 e. The van der Waals surface area contributed by atoms with Crippen LogP contribution in [0.2, 0.25) is 0 Å². The lowest BCUT2D eigenvalue weighted by Gasteiger charge is -2.25. The van der Waals surface area contributed by atoms with E-state index in [1.54, 1.807) is 30.6 Å². The Morgan fingerprint density at radius 1 is 1.17 bits per heavy atom. The molecule has 1 saturated heterocycles. The van der Waals surface area contributed by atoms with Crippen LogP contribution in [0.1, 0.15) is 21.8 Å². The van der Waals surface area contributed by atoms with Crippen molar-refractivity contribution in [2.24, 2.45) is 0 Å². The Bertz CT molecular complexity index is 1010. The van der Waals surface area contributed by atoms with Crippen LogP contribution in [0.3, 0.4) is 0 Å². The van der Waals surface area contributed by atoms with E-state index in [0.29, 0.717) is 23.9 Å². The molecule has 0 spiro atoms. The first-order valence-electron chi connectivity index (χ1n) is 9.61. The van der Waals surface area contributed by atoms with Gasteiger partial charge in [-0.2, -0.15) is 4.98 Å². The van der Waals surface area contributed by atoms with E-state index < -0.39 is 0 Å². The second-order valence-corrected chi connectivity index (χ2v) is 8.25. The molecule has 7 nitrogen and oxygen atoms in total. The zero-order valence-electron chi connectivity index (χ0n) is 16.9. The normalized spacial score (nSPS) is 15.0. The van der Waals surface area contributed by atoms with Crippen LogP contribution in [-0.4, -0.2) is 53.4 Å². The van der Waals surface area contributed by atoms with Crippen LogP contribution in [0.25, 0.3) is 10.2 Å². The second kappa shape index (κ2) is 8.62. The molecular weight excluding hydrogens is 390 g/mol. The summed E-state index contributed by atoms with van der Waals surface area (Å²) in [7, 11) is 1.59. The van der Waals surface area contributed by atoms with Crippen LogP contribution in [0.15, 0.2) is 18.2 Å². The van der Waals surface area contributed by atoms with E-state index in [1.807, 2.05) is 6.07 Å². The van der Waals surface area contributed by atoms with E-state index in [2.05, 4.69) is 18.7 Å². The van der Waals surface area contributed by atoms with Crippen LogP contribution in [0.5, 0.6) is 17.4 Å². The van der Waals surface area contributed by atoms with E-state index in [-0.39, 0.29) is 6.61 Å². The number of hydrogen-bond acceptors (Lipinski definition) is 8. The predicted octanol–water partition coefficient (Wildman–Crippen LogP) is 3.43.